The van der Waals surface area contributed by atoms with Crippen molar-refractivity contribution in [2.45, 2.75) is 80.1 Å². The van der Waals surface area contributed by atoms with Crippen LogP contribution >= 0.6 is 0 Å². The van der Waals surface area contributed by atoms with Crippen molar-refractivity contribution in [1.82, 2.24) is 19.9 Å². The quantitative estimate of drug-likeness (QED) is 0.118. The summed E-state index contributed by atoms with van der Waals surface area (Å²) in [4.78, 5) is 33.4. The number of nitrogens with one attached hydrogen (secondary N) is 2. The van der Waals surface area contributed by atoms with Gasteiger partial charge >= 0.3 is 5.97 Å². The molecule has 0 aromatic carbocycles. The largest absolute Gasteiger partial charge is 0.481 e. The summed E-state index contributed by atoms with van der Waals surface area (Å²) >= 11 is 0. The summed E-state index contributed by atoms with van der Waals surface area (Å²) in [7, 11) is 0. The summed E-state index contributed by atoms with van der Waals surface area (Å²) < 4.78 is 0. The van der Waals surface area contributed by atoms with Crippen molar-refractivity contribution in [3.8, 4) is 0 Å². The minimum atomic E-state index is -0.838. The fourth-order valence-corrected chi connectivity index (χ4v) is 6.30. The number of aromatic nitrogens is 4. The summed E-state index contributed by atoms with van der Waals surface area (Å²) in [5.74, 6) is -0.838. The smallest absolute Gasteiger partial charge is 0.303 e. The number of hydrogen-bond donors (Lipinski definition) is 4. The standard InChI is InChI=1S/C34H40N4O4/c1-7-22-18(3)26-14-27-20(5)24(10-9-13-42-41)32(37-27)17-33-25(11-12-34(39)40)21(6)29(38-33)16-31-23(8-2)19(4)28(36-31)15-30(22)35-26/h14-17,35-36,41H,7-13H2,1-6H3,(H,39,40). The Balaban J connectivity index is 1.90. The zero-order valence-electron chi connectivity index (χ0n) is 25.4. The monoisotopic (exact) mass is 568 g/mol. The molecule has 3 aromatic heterocycles. The lowest BCUT2D eigenvalue weighted by molar-refractivity contribution is -0.242. The second-order valence-corrected chi connectivity index (χ2v) is 11.2. The number of carbonyl (C=O) groups is 1. The molecule has 8 nitrogen and oxygen atoms in total. The van der Waals surface area contributed by atoms with Gasteiger partial charge in [0.25, 0.3) is 0 Å². The maximum atomic E-state index is 11.6. The summed E-state index contributed by atoms with van der Waals surface area (Å²) in [6, 6.07) is 8.42. The van der Waals surface area contributed by atoms with Crippen LogP contribution in [0.2, 0.25) is 0 Å². The molecule has 4 N–H and O–H groups in total. The molecule has 8 bridgehead atoms. The van der Waals surface area contributed by atoms with Crippen LogP contribution in [-0.4, -0.2) is 42.9 Å². The topological polar surface area (TPSA) is 124 Å². The number of aryl methyl sites for hydroxylation is 4. The van der Waals surface area contributed by atoms with Crippen molar-refractivity contribution in [2.24, 2.45) is 0 Å². The second kappa shape index (κ2) is 12.1. The molecule has 0 saturated carbocycles. The lowest BCUT2D eigenvalue weighted by Crippen LogP contribution is -1.96. The Labute approximate surface area is 246 Å². The normalized spacial score (nSPS) is 13.4. The number of nitrogens with zero attached hydrogens (tertiary/aromatic N) is 2. The van der Waals surface area contributed by atoms with Crippen LogP contribution < -0.4 is 0 Å². The van der Waals surface area contributed by atoms with E-state index in [1.54, 1.807) is 0 Å². The van der Waals surface area contributed by atoms with Crippen LogP contribution in [0.3, 0.4) is 0 Å². The van der Waals surface area contributed by atoms with Gasteiger partial charge in [-0.1, -0.05) is 13.8 Å². The lowest BCUT2D eigenvalue weighted by Gasteiger charge is -2.05. The first-order valence-corrected chi connectivity index (χ1v) is 14.8. The summed E-state index contributed by atoms with van der Waals surface area (Å²) in [6.45, 7) is 13.0. The number of H-pyrrole nitrogens is 2. The third kappa shape index (κ3) is 5.44. The van der Waals surface area contributed by atoms with Gasteiger partial charge in [-0.2, -0.15) is 0 Å². The fourth-order valence-electron chi connectivity index (χ4n) is 6.30. The van der Waals surface area contributed by atoms with Gasteiger partial charge in [-0.3, -0.25) is 10.1 Å². The molecule has 0 saturated heterocycles. The molecule has 8 heteroatoms. The summed E-state index contributed by atoms with van der Waals surface area (Å²) in [5, 5.41) is 18.4. The van der Waals surface area contributed by atoms with E-state index in [0.717, 1.165) is 80.0 Å². The molecule has 0 atom stereocenters. The SMILES string of the molecule is CCc1c(C)c2cc3[nH]c(cc4nc(cc5nc(cc1[nH]2)C(C)=C5CCC(=O)O)C(CCCOO)=C4C)c(C)c3CC. The van der Waals surface area contributed by atoms with Crippen molar-refractivity contribution in [3.05, 3.63) is 69.3 Å². The number of carboxylic acids is 1. The predicted octanol–water partition coefficient (Wildman–Crippen LogP) is 8.05. The maximum Gasteiger partial charge on any atom is 0.303 e. The number of fused-ring (bicyclic) bond motifs is 8. The van der Waals surface area contributed by atoms with Gasteiger partial charge in [0, 0.05) is 28.5 Å². The van der Waals surface area contributed by atoms with Crippen LogP contribution in [0, 0.1) is 13.8 Å². The van der Waals surface area contributed by atoms with Gasteiger partial charge in [0.1, 0.15) is 0 Å². The lowest BCUT2D eigenvalue weighted by atomic mass is 9.98. The van der Waals surface area contributed by atoms with Crippen LogP contribution in [0.25, 0.3) is 44.4 Å². The molecule has 0 radical (unpaired) electrons. The summed E-state index contributed by atoms with van der Waals surface area (Å²) in [6.07, 6.45) is 3.49. The molecule has 42 heavy (non-hydrogen) atoms. The van der Waals surface area contributed by atoms with E-state index < -0.39 is 5.97 Å². The third-order valence-electron chi connectivity index (χ3n) is 8.76. The average molecular weight is 569 g/mol. The molecule has 5 heterocycles. The molecule has 2 aliphatic rings. The minimum Gasteiger partial charge on any atom is -0.481 e. The highest BCUT2D eigenvalue weighted by Gasteiger charge is 2.22. The van der Waals surface area contributed by atoms with Gasteiger partial charge in [0.2, 0.25) is 0 Å². The van der Waals surface area contributed by atoms with E-state index in [1.165, 1.54) is 22.3 Å². The van der Waals surface area contributed by atoms with Crippen molar-refractivity contribution in [2.75, 3.05) is 6.61 Å². The first-order valence-electron chi connectivity index (χ1n) is 14.8. The Kier molecular flexibility index (Phi) is 8.48. The average Bonchev–Trinajstić information content (AvgIpc) is 3.61. The summed E-state index contributed by atoms with van der Waals surface area (Å²) in [5.41, 5.74) is 16.4. The second-order valence-electron chi connectivity index (χ2n) is 11.2. The van der Waals surface area contributed by atoms with Gasteiger partial charge in [-0.05, 0) is 129 Å². The number of aliphatic carboxylic acids is 1. The number of carboxylic acid groups (broad SMARTS) is 1. The Bertz CT molecular complexity index is 1790. The van der Waals surface area contributed by atoms with Gasteiger partial charge in [-0.25, -0.2) is 14.9 Å². The van der Waals surface area contributed by atoms with Crippen molar-refractivity contribution >= 4 is 50.3 Å². The fraction of sp³-hybridized carbons (Fsp3) is 0.382. The van der Waals surface area contributed by atoms with Crippen molar-refractivity contribution in [1.29, 1.82) is 0 Å². The van der Waals surface area contributed by atoms with E-state index in [1.807, 2.05) is 13.0 Å². The first-order chi connectivity index (χ1) is 20.2. The Hall–Kier alpha value is -4.01. The minimum absolute atomic E-state index is 0.0227. The highest BCUT2D eigenvalue weighted by atomic mass is 17.1. The van der Waals surface area contributed by atoms with Gasteiger partial charge in [-0.15, -0.1) is 0 Å². The number of aromatic amines is 2. The highest BCUT2D eigenvalue weighted by molar-refractivity contribution is 5.96. The van der Waals surface area contributed by atoms with Gasteiger partial charge < -0.3 is 15.1 Å². The Morgan fingerprint density at radius 2 is 1.24 bits per heavy atom. The van der Waals surface area contributed by atoms with Crippen LogP contribution in [0.1, 0.15) is 98.4 Å². The third-order valence-corrected chi connectivity index (χ3v) is 8.76. The van der Waals surface area contributed by atoms with E-state index >= 15 is 0 Å². The Morgan fingerprint density at radius 1 is 0.738 bits per heavy atom. The molecular weight excluding hydrogens is 528 g/mol. The van der Waals surface area contributed by atoms with Crippen molar-refractivity contribution < 1.29 is 20.0 Å². The molecule has 3 aromatic rings. The van der Waals surface area contributed by atoms with E-state index in [9.17, 15) is 9.90 Å². The van der Waals surface area contributed by atoms with E-state index in [4.69, 9.17) is 15.2 Å². The molecule has 0 fully saturated rings. The first kappa shape index (κ1) is 29.5. The number of rotatable bonds is 9. The van der Waals surface area contributed by atoms with Gasteiger partial charge in [0.15, 0.2) is 0 Å². The van der Waals surface area contributed by atoms with Gasteiger partial charge in [0.05, 0.1) is 29.4 Å². The van der Waals surface area contributed by atoms with Crippen LogP contribution in [0.15, 0.2) is 24.3 Å². The molecule has 0 amide bonds. The molecule has 2 aliphatic heterocycles. The Morgan fingerprint density at radius 3 is 1.76 bits per heavy atom. The molecule has 0 spiro atoms. The predicted molar refractivity (Wildman–Crippen MR) is 169 cm³/mol. The number of hydrogen-bond acceptors (Lipinski definition) is 5. The highest BCUT2D eigenvalue weighted by Crippen LogP contribution is 2.38. The van der Waals surface area contributed by atoms with Crippen LogP contribution in [0.4, 0.5) is 0 Å². The molecule has 5 rings (SSSR count). The van der Waals surface area contributed by atoms with Crippen LogP contribution in [0.5, 0.6) is 0 Å². The number of allylic oxidation sites excluding steroid dienone is 4. The molecule has 0 aliphatic carbocycles. The molecule has 0 unspecified atom stereocenters. The zero-order chi connectivity index (χ0) is 30.1. The molecular formula is C34H40N4O4. The van der Waals surface area contributed by atoms with Crippen molar-refractivity contribution in [3.63, 3.8) is 0 Å². The molecule has 220 valence electrons. The van der Waals surface area contributed by atoms with Crippen LogP contribution in [-0.2, 0) is 22.5 Å². The zero-order valence-corrected chi connectivity index (χ0v) is 25.4. The van der Waals surface area contributed by atoms with E-state index in [-0.39, 0.29) is 13.0 Å². The van der Waals surface area contributed by atoms with E-state index in [0.29, 0.717) is 19.3 Å². The van der Waals surface area contributed by atoms with E-state index in [2.05, 4.69) is 67.7 Å². The maximum absolute atomic E-state index is 11.6.